The van der Waals surface area contributed by atoms with Crippen LogP contribution in [0.5, 0.6) is 0 Å². The second-order valence-electron chi connectivity index (χ2n) is 4.32. The van der Waals surface area contributed by atoms with Gasteiger partial charge in [0, 0.05) is 25.5 Å². The van der Waals surface area contributed by atoms with Crippen LogP contribution in [0.25, 0.3) is 0 Å². The second kappa shape index (κ2) is 9.28. The first-order chi connectivity index (χ1) is 10.1. The fraction of sp³-hybridized carbons (Fsp3) is 0.417. The molecule has 0 aromatic carbocycles. The van der Waals surface area contributed by atoms with Crippen molar-refractivity contribution in [1.82, 2.24) is 25.4 Å². The minimum atomic E-state index is -0.629. The Morgan fingerprint density at radius 1 is 1.50 bits per heavy atom. The lowest BCUT2D eigenvalue weighted by Crippen LogP contribution is -2.39. The first-order valence-electron chi connectivity index (χ1n) is 6.31. The SMILES string of the molecule is CN=C(NCc1nncn1C)NCC(O)c1ccc(Cl)s1.I. The quantitative estimate of drug-likeness (QED) is 0.361. The van der Waals surface area contributed by atoms with Crippen LogP contribution in [0.4, 0.5) is 0 Å². The highest BCUT2D eigenvalue weighted by Gasteiger charge is 2.11. The highest BCUT2D eigenvalue weighted by atomic mass is 127. The number of aryl methyl sites for hydroxylation is 1. The summed E-state index contributed by atoms with van der Waals surface area (Å²) in [6, 6.07) is 3.58. The average Bonchev–Trinajstić information content (AvgIpc) is 3.08. The van der Waals surface area contributed by atoms with Crippen LogP contribution in [0.3, 0.4) is 0 Å². The van der Waals surface area contributed by atoms with Crippen molar-refractivity contribution in [3.63, 3.8) is 0 Å². The summed E-state index contributed by atoms with van der Waals surface area (Å²) in [4.78, 5) is 4.91. The van der Waals surface area contributed by atoms with Crippen LogP contribution in [-0.2, 0) is 13.6 Å². The van der Waals surface area contributed by atoms with E-state index in [1.807, 2.05) is 17.7 Å². The van der Waals surface area contributed by atoms with Gasteiger partial charge in [0.25, 0.3) is 0 Å². The minimum absolute atomic E-state index is 0. The van der Waals surface area contributed by atoms with E-state index >= 15 is 0 Å². The van der Waals surface area contributed by atoms with Crippen molar-refractivity contribution in [2.75, 3.05) is 13.6 Å². The Labute approximate surface area is 154 Å². The summed E-state index contributed by atoms with van der Waals surface area (Å²) in [7, 11) is 3.54. The lowest BCUT2D eigenvalue weighted by Gasteiger charge is -2.14. The van der Waals surface area contributed by atoms with Crippen LogP contribution in [0.1, 0.15) is 16.8 Å². The van der Waals surface area contributed by atoms with Gasteiger partial charge in [-0.1, -0.05) is 11.6 Å². The number of thiophene rings is 1. The molecule has 122 valence electrons. The van der Waals surface area contributed by atoms with Crippen LogP contribution >= 0.6 is 46.9 Å². The molecule has 10 heteroatoms. The van der Waals surface area contributed by atoms with Crippen LogP contribution < -0.4 is 10.6 Å². The molecule has 0 saturated carbocycles. The molecule has 2 heterocycles. The monoisotopic (exact) mass is 456 g/mol. The molecule has 0 aliphatic heterocycles. The van der Waals surface area contributed by atoms with Gasteiger partial charge in [-0.05, 0) is 12.1 Å². The van der Waals surface area contributed by atoms with E-state index in [-0.39, 0.29) is 24.0 Å². The maximum Gasteiger partial charge on any atom is 0.191 e. The molecule has 0 fully saturated rings. The van der Waals surface area contributed by atoms with Gasteiger partial charge in [-0.2, -0.15) is 0 Å². The molecule has 1 unspecified atom stereocenters. The van der Waals surface area contributed by atoms with E-state index in [1.54, 1.807) is 19.4 Å². The average molecular weight is 457 g/mol. The molecule has 1 atom stereocenters. The Bertz CT molecular complexity index is 616. The number of halogens is 2. The Morgan fingerprint density at radius 3 is 2.82 bits per heavy atom. The van der Waals surface area contributed by atoms with Crippen molar-refractivity contribution in [3.8, 4) is 0 Å². The van der Waals surface area contributed by atoms with Crippen LogP contribution in [0.2, 0.25) is 4.34 Å². The van der Waals surface area contributed by atoms with Gasteiger partial charge in [-0.15, -0.1) is 45.5 Å². The smallest absolute Gasteiger partial charge is 0.191 e. The highest BCUT2D eigenvalue weighted by molar-refractivity contribution is 14.0. The standard InChI is InChI=1S/C12H17ClN6OS.HI/c1-14-12(16-6-11-18-17-7-19(11)2)15-5-8(20)9-3-4-10(13)21-9;/h3-4,7-8,20H,5-6H2,1-2H3,(H2,14,15,16);1H. The second-order valence-corrected chi connectivity index (χ2v) is 6.07. The number of nitrogens with zero attached hydrogens (tertiary/aromatic N) is 4. The molecule has 0 spiro atoms. The summed E-state index contributed by atoms with van der Waals surface area (Å²) < 4.78 is 2.48. The maximum absolute atomic E-state index is 10.1. The van der Waals surface area contributed by atoms with E-state index in [4.69, 9.17) is 11.6 Å². The summed E-state index contributed by atoms with van der Waals surface area (Å²) in [5.41, 5.74) is 0. The predicted molar refractivity (Wildman–Crippen MR) is 98.9 cm³/mol. The number of guanidine groups is 1. The highest BCUT2D eigenvalue weighted by Crippen LogP contribution is 2.26. The first-order valence-corrected chi connectivity index (χ1v) is 7.50. The molecule has 2 aromatic rings. The van der Waals surface area contributed by atoms with Gasteiger partial charge in [0.05, 0.1) is 10.9 Å². The Hall–Kier alpha value is -0.910. The fourth-order valence-electron chi connectivity index (χ4n) is 1.65. The molecular weight excluding hydrogens is 439 g/mol. The minimum Gasteiger partial charge on any atom is -0.386 e. The molecule has 0 saturated heterocycles. The molecule has 2 rings (SSSR count). The fourth-order valence-corrected chi connectivity index (χ4v) is 2.70. The zero-order chi connectivity index (χ0) is 15.2. The molecule has 0 aliphatic rings. The number of aliphatic hydroxyl groups excluding tert-OH is 1. The molecule has 0 amide bonds. The normalized spacial score (nSPS) is 12.6. The van der Waals surface area contributed by atoms with Crippen molar-refractivity contribution < 1.29 is 5.11 Å². The summed E-state index contributed by atoms with van der Waals surface area (Å²) in [6.45, 7) is 0.840. The molecule has 22 heavy (non-hydrogen) atoms. The molecule has 0 aliphatic carbocycles. The number of nitrogens with one attached hydrogen (secondary N) is 2. The first kappa shape index (κ1) is 19.1. The number of aliphatic imine (C=N–C) groups is 1. The van der Waals surface area contributed by atoms with E-state index in [0.29, 0.717) is 23.4 Å². The van der Waals surface area contributed by atoms with E-state index in [1.165, 1.54) is 11.3 Å². The van der Waals surface area contributed by atoms with Gasteiger partial charge in [0.1, 0.15) is 12.4 Å². The van der Waals surface area contributed by atoms with Gasteiger partial charge in [-0.25, -0.2) is 0 Å². The largest absolute Gasteiger partial charge is 0.386 e. The van der Waals surface area contributed by atoms with E-state index in [0.717, 1.165) is 10.7 Å². The Morgan fingerprint density at radius 2 is 2.27 bits per heavy atom. The van der Waals surface area contributed by atoms with Crippen molar-refractivity contribution in [1.29, 1.82) is 0 Å². The molecule has 0 bridgehead atoms. The van der Waals surface area contributed by atoms with E-state index in [9.17, 15) is 5.11 Å². The number of hydrogen-bond donors (Lipinski definition) is 3. The van der Waals surface area contributed by atoms with Crippen molar-refractivity contribution >= 4 is 52.9 Å². The topological polar surface area (TPSA) is 87.4 Å². The van der Waals surface area contributed by atoms with E-state index < -0.39 is 6.10 Å². The van der Waals surface area contributed by atoms with Crippen LogP contribution in [0.15, 0.2) is 23.5 Å². The van der Waals surface area contributed by atoms with Crippen LogP contribution in [0, 0.1) is 0 Å². The zero-order valence-electron chi connectivity index (χ0n) is 12.2. The summed E-state index contributed by atoms with van der Waals surface area (Å²) >= 11 is 7.21. The zero-order valence-corrected chi connectivity index (χ0v) is 16.1. The summed E-state index contributed by atoms with van der Waals surface area (Å²) in [5.74, 6) is 1.38. The molecule has 3 N–H and O–H groups in total. The van der Waals surface area contributed by atoms with E-state index in [2.05, 4.69) is 25.8 Å². The van der Waals surface area contributed by atoms with Gasteiger partial charge in [-0.3, -0.25) is 4.99 Å². The maximum atomic E-state index is 10.1. The lowest BCUT2D eigenvalue weighted by atomic mass is 10.3. The van der Waals surface area contributed by atoms with Crippen molar-refractivity contribution in [2.24, 2.45) is 12.0 Å². The molecule has 0 radical (unpaired) electrons. The van der Waals surface area contributed by atoms with Gasteiger partial charge < -0.3 is 20.3 Å². The Kier molecular flexibility index (Phi) is 8.07. The van der Waals surface area contributed by atoms with Gasteiger partial charge in [0.2, 0.25) is 0 Å². The number of aliphatic hydroxyl groups is 1. The molecular formula is C12H18ClIN6OS. The molecule has 2 aromatic heterocycles. The predicted octanol–water partition coefficient (Wildman–Crippen LogP) is 1.55. The number of hydrogen-bond acceptors (Lipinski definition) is 5. The van der Waals surface area contributed by atoms with Gasteiger partial charge in [0.15, 0.2) is 11.8 Å². The lowest BCUT2D eigenvalue weighted by molar-refractivity contribution is 0.184. The summed E-state index contributed by atoms with van der Waals surface area (Å²) in [6.07, 6.45) is 1.01. The summed E-state index contributed by atoms with van der Waals surface area (Å²) in [5, 5.41) is 24.0. The van der Waals surface area contributed by atoms with Crippen LogP contribution in [-0.4, -0.2) is 39.4 Å². The third kappa shape index (κ3) is 5.38. The molecule has 7 nitrogen and oxygen atoms in total. The third-order valence-electron chi connectivity index (χ3n) is 2.83. The number of aromatic nitrogens is 3. The number of rotatable bonds is 5. The van der Waals surface area contributed by atoms with Gasteiger partial charge >= 0.3 is 0 Å². The Balaban J connectivity index is 0.00000242. The van der Waals surface area contributed by atoms with Crippen molar-refractivity contribution in [2.45, 2.75) is 12.6 Å². The third-order valence-corrected chi connectivity index (χ3v) is 4.16. The van der Waals surface area contributed by atoms with Crippen molar-refractivity contribution in [3.05, 3.63) is 33.5 Å².